The van der Waals surface area contributed by atoms with Crippen LogP contribution >= 0.6 is 15.9 Å². The van der Waals surface area contributed by atoms with Crippen molar-refractivity contribution in [2.24, 2.45) is 17.6 Å². The van der Waals surface area contributed by atoms with Crippen LogP contribution in [0.1, 0.15) is 29.6 Å². The summed E-state index contributed by atoms with van der Waals surface area (Å²) in [5.74, 6) is -0.955. The molecule has 4 N–H and O–H groups in total. The number of carboxylic acids is 1. The highest BCUT2D eigenvalue weighted by atomic mass is 79.9. The molecule has 1 aromatic rings. The fraction of sp³-hybridized carbons (Fsp3) is 0.429. The zero-order valence-electron chi connectivity index (χ0n) is 10.9. The molecule has 1 amide bonds. The number of anilines is 1. The van der Waals surface area contributed by atoms with Crippen LogP contribution in [-0.2, 0) is 4.79 Å². The first-order valence-electron chi connectivity index (χ1n) is 6.56. The molecule has 1 aliphatic rings. The molecule has 0 spiro atoms. The first-order valence-corrected chi connectivity index (χ1v) is 7.35. The number of halogens is 1. The Kier molecular flexibility index (Phi) is 4.77. The van der Waals surface area contributed by atoms with Crippen LogP contribution in [0, 0.1) is 11.8 Å². The van der Waals surface area contributed by atoms with Crippen molar-refractivity contribution >= 4 is 33.5 Å². The van der Waals surface area contributed by atoms with Gasteiger partial charge in [0.1, 0.15) is 0 Å². The van der Waals surface area contributed by atoms with Crippen LogP contribution in [0.25, 0.3) is 0 Å². The molecule has 2 rings (SSSR count). The molecule has 0 aliphatic heterocycles. The number of carboxylic acid groups (broad SMARTS) is 1. The highest BCUT2D eigenvalue weighted by molar-refractivity contribution is 9.10. The zero-order valence-corrected chi connectivity index (χ0v) is 12.5. The highest BCUT2D eigenvalue weighted by Gasteiger charge is 2.31. The summed E-state index contributed by atoms with van der Waals surface area (Å²) < 4.78 is 0.620. The third kappa shape index (κ3) is 3.37. The highest BCUT2D eigenvalue weighted by Crippen LogP contribution is 2.32. The maximum Gasteiger partial charge on any atom is 0.335 e. The number of rotatable bonds is 4. The van der Waals surface area contributed by atoms with E-state index in [4.69, 9.17) is 10.8 Å². The van der Waals surface area contributed by atoms with Crippen molar-refractivity contribution in [1.82, 2.24) is 0 Å². The molecule has 0 aromatic heterocycles. The molecule has 2 unspecified atom stereocenters. The monoisotopic (exact) mass is 340 g/mol. The second kappa shape index (κ2) is 6.37. The number of hydrogen-bond donors (Lipinski definition) is 3. The van der Waals surface area contributed by atoms with Crippen molar-refractivity contribution < 1.29 is 14.7 Å². The molecular formula is C14H17BrN2O3. The van der Waals surface area contributed by atoms with Gasteiger partial charge in [-0.25, -0.2) is 4.79 Å². The summed E-state index contributed by atoms with van der Waals surface area (Å²) in [6.45, 7) is 0.511. The lowest BCUT2D eigenvalue weighted by atomic mass is 9.95. The third-order valence-electron chi connectivity index (χ3n) is 3.71. The molecule has 0 saturated heterocycles. The van der Waals surface area contributed by atoms with Gasteiger partial charge in [0.15, 0.2) is 0 Å². The van der Waals surface area contributed by atoms with Gasteiger partial charge in [-0.3, -0.25) is 4.79 Å². The largest absolute Gasteiger partial charge is 0.478 e. The predicted octanol–water partition coefficient (Wildman–Crippen LogP) is 2.46. The van der Waals surface area contributed by atoms with Crippen LogP contribution in [0.15, 0.2) is 22.7 Å². The summed E-state index contributed by atoms with van der Waals surface area (Å²) in [5.41, 5.74) is 6.30. The second-order valence-electron chi connectivity index (χ2n) is 5.06. The van der Waals surface area contributed by atoms with E-state index in [0.29, 0.717) is 16.7 Å². The molecule has 0 heterocycles. The molecule has 0 bridgehead atoms. The number of nitrogens with two attached hydrogens (primary N) is 1. The predicted molar refractivity (Wildman–Crippen MR) is 79.6 cm³/mol. The fourth-order valence-corrected chi connectivity index (χ4v) is 3.18. The second-order valence-corrected chi connectivity index (χ2v) is 5.97. The van der Waals surface area contributed by atoms with Gasteiger partial charge in [0.2, 0.25) is 5.91 Å². The molecule has 20 heavy (non-hydrogen) atoms. The van der Waals surface area contributed by atoms with Crippen LogP contribution in [-0.4, -0.2) is 23.5 Å². The summed E-state index contributed by atoms with van der Waals surface area (Å²) in [5, 5.41) is 11.8. The van der Waals surface area contributed by atoms with Crippen molar-refractivity contribution in [3.8, 4) is 0 Å². The number of aromatic carboxylic acids is 1. The minimum Gasteiger partial charge on any atom is -0.478 e. The average molecular weight is 341 g/mol. The maximum absolute atomic E-state index is 12.2. The van der Waals surface area contributed by atoms with Gasteiger partial charge in [-0.05, 0) is 43.5 Å². The first-order chi connectivity index (χ1) is 9.51. The Bertz CT molecular complexity index is 533. The van der Waals surface area contributed by atoms with E-state index in [1.807, 2.05) is 0 Å². The summed E-state index contributed by atoms with van der Waals surface area (Å²) in [6, 6.07) is 4.64. The van der Waals surface area contributed by atoms with Gasteiger partial charge in [0.05, 0.1) is 5.56 Å². The molecular weight excluding hydrogens is 324 g/mol. The number of benzene rings is 1. The van der Waals surface area contributed by atoms with E-state index in [-0.39, 0.29) is 23.3 Å². The van der Waals surface area contributed by atoms with E-state index in [1.54, 1.807) is 6.07 Å². The Morgan fingerprint density at radius 3 is 2.75 bits per heavy atom. The van der Waals surface area contributed by atoms with E-state index in [1.165, 1.54) is 12.1 Å². The molecule has 1 fully saturated rings. The van der Waals surface area contributed by atoms with E-state index in [2.05, 4.69) is 21.2 Å². The zero-order chi connectivity index (χ0) is 14.7. The molecule has 6 heteroatoms. The summed E-state index contributed by atoms with van der Waals surface area (Å²) in [7, 11) is 0. The van der Waals surface area contributed by atoms with Gasteiger partial charge in [0, 0.05) is 16.1 Å². The lowest BCUT2D eigenvalue weighted by Crippen LogP contribution is -2.29. The first kappa shape index (κ1) is 15.0. The van der Waals surface area contributed by atoms with Crippen molar-refractivity contribution in [3.05, 3.63) is 28.2 Å². The van der Waals surface area contributed by atoms with Crippen molar-refractivity contribution in [2.75, 3.05) is 11.9 Å². The smallest absolute Gasteiger partial charge is 0.335 e. The Labute approximate surface area is 125 Å². The lowest BCUT2D eigenvalue weighted by Gasteiger charge is -2.17. The quantitative estimate of drug-likeness (QED) is 0.784. The topological polar surface area (TPSA) is 92.4 Å². The normalized spacial score (nSPS) is 21.7. The molecule has 1 aliphatic carbocycles. The average Bonchev–Trinajstić information content (AvgIpc) is 2.86. The summed E-state index contributed by atoms with van der Waals surface area (Å²) in [4.78, 5) is 23.2. The van der Waals surface area contributed by atoms with E-state index in [0.717, 1.165) is 19.3 Å². The van der Waals surface area contributed by atoms with E-state index >= 15 is 0 Å². The molecule has 108 valence electrons. The lowest BCUT2D eigenvalue weighted by molar-refractivity contribution is -0.120. The van der Waals surface area contributed by atoms with Crippen molar-refractivity contribution in [2.45, 2.75) is 19.3 Å². The van der Waals surface area contributed by atoms with Gasteiger partial charge in [0.25, 0.3) is 0 Å². The maximum atomic E-state index is 12.2. The number of carbonyl (C=O) groups excluding carboxylic acids is 1. The minimum absolute atomic E-state index is 0.0765. The van der Waals surface area contributed by atoms with E-state index < -0.39 is 5.97 Å². The number of carbonyl (C=O) groups is 2. The Morgan fingerprint density at radius 2 is 2.10 bits per heavy atom. The SMILES string of the molecule is NCC1CCCC1C(=O)Nc1cc(Br)cc(C(=O)O)c1. The van der Waals surface area contributed by atoms with Crippen LogP contribution in [0.5, 0.6) is 0 Å². The fourth-order valence-electron chi connectivity index (χ4n) is 2.68. The molecule has 1 saturated carbocycles. The van der Waals surface area contributed by atoms with Gasteiger partial charge < -0.3 is 16.2 Å². The summed E-state index contributed by atoms with van der Waals surface area (Å²) in [6.07, 6.45) is 2.83. The van der Waals surface area contributed by atoms with Crippen LogP contribution in [0.4, 0.5) is 5.69 Å². The van der Waals surface area contributed by atoms with Gasteiger partial charge in [-0.15, -0.1) is 0 Å². The number of hydrogen-bond acceptors (Lipinski definition) is 3. The van der Waals surface area contributed by atoms with Crippen LogP contribution in [0.3, 0.4) is 0 Å². The Hall–Kier alpha value is -1.40. The number of amides is 1. The number of nitrogens with one attached hydrogen (secondary N) is 1. The van der Waals surface area contributed by atoms with Gasteiger partial charge in [-0.1, -0.05) is 22.4 Å². The third-order valence-corrected chi connectivity index (χ3v) is 4.17. The molecule has 0 radical (unpaired) electrons. The molecule has 5 nitrogen and oxygen atoms in total. The van der Waals surface area contributed by atoms with Gasteiger partial charge in [-0.2, -0.15) is 0 Å². The Morgan fingerprint density at radius 1 is 1.35 bits per heavy atom. The van der Waals surface area contributed by atoms with Crippen molar-refractivity contribution in [1.29, 1.82) is 0 Å². The van der Waals surface area contributed by atoms with Crippen LogP contribution in [0.2, 0.25) is 0 Å². The van der Waals surface area contributed by atoms with Crippen LogP contribution < -0.4 is 11.1 Å². The van der Waals surface area contributed by atoms with E-state index in [9.17, 15) is 9.59 Å². The minimum atomic E-state index is -1.03. The van der Waals surface area contributed by atoms with Gasteiger partial charge >= 0.3 is 5.97 Å². The molecule has 1 aromatic carbocycles. The standard InChI is InChI=1S/C14H17BrN2O3/c15-10-4-9(14(19)20)5-11(6-10)17-13(18)12-3-1-2-8(12)7-16/h4-6,8,12H,1-3,7,16H2,(H,17,18)(H,19,20). The molecule has 2 atom stereocenters. The summed E-state index contributed by atoms with van der Waals surface area (Å²) >= 11 is 3.25. The van der Waals surface area contributed by atoms with Crippen molar-refractivity contribution in [3.63, 3.8) is 0 Å². The Balaban J connectivity index is 2.13.